The predicted molar refractivity (Wildman–Crippen MR) is 124 cm³/mol. The van der Waals surface area contributed by atoms with Crippen LogP contribution in [0, 0.1) is 0 Å². The molecule has 0 spiro atoms. The Morgan fingerprint density at radius 2 is 1.65 bits per heavy atom. The third kappa shape index (κ3) is 5.64. The molecule has 3 aromatic rings. The number of nitrogens with zero attached hydrogens (tertiary/aromatic N) is 1. The highest BCUT2D eigenvalue weighted by molar-refractivity contribution is 7.92. The van der Waals surface area contributed by atoms with Gasteiger partial charge in [-0.05, 0) is 36.4 Å². The van der Waals surface area contributed by atoms with Gasteiger partial charge >= 0.3 is 0 Å². The minimum absolute atomic E-state index is 0.00810. The van der Waals surface area contributed by atoms with Crippen LogP contribution in [0.1, 0.15) is 12.8 Å². The minimum Gasteiger partial charge on any atom is -0.490 e. The van der Waals surface area contributed by atoms with Gasteiger partial charge in [0.25, 0.3) is 21.1 Å². The van der Waals surface area contributed by atoms with Crippen molar-refractivity contribution in [1.29, 1.82) is 0 Å². The quantitative estimate of drug-likeness (QED) is 0.458. The Morgan fingerprint density at radius 3 is 2.41 bits per heavy atom. The molecule has 1 aromatic heterocycles. The van der Waals surface area contributed by atoms with Crippen molar-refractivity contribution in [1.82, 2.24) is 9.78 Å². The molecule has 0 unspecified atom stereocenters. The summed E-state index contributed by atoms with van der Waals surface area (Å²) >= 11 is 0. The van der Waals surface area contributed by atoms with E-state index in [9.17, 15) is 22.8 Å². The Bertz CT molecular complexity index is 1410. The average molecular weight is 487 g/mol. The monoisotopic (exact) mass is 486 g/mol. The normalized spacial score (nSPS) is 13.1. The number of H-pyrrole nitrogens is 1. The van der Waals surface area contributed by atoms with Crippen molar-refractivity contribution in [3.8, 4) is 11.5 Å². The molecular formula is C22H22N4O7S. The van der Waals surface area contributed by atoms with Crippen LogP contribution in [0.3, 0.4) is 0 Å². The molecule has 1 aliphatic rings. The van der Waals surface area contributed by atoms with Crippen LogP contribution in [0.2, 0.25) is 0 Å². The van der Waals surface area contributed by atoms with Crippen LogP contribution in [-0.2, 0) is 21.4 Å². The van der Waals surface area contributed by atoms with Crippen LogP contribution >= 0.6 is 0 Å². The van der Waals surface area contributed by atoms with Crippen LogP contribution in [-0.4, -0.2) is 37.3 Å². The largest absolute Gasteiger partial charge is 0.490 e. The van der Waals surface area contributed by atoms with Crippen molar-refractivity contribution in [2.24, 2.45) is 0 Å². The lowest BCUT2D eigenvalue weighted by molar-refractivity contribution is -0.116. The lowest BCUT2D eigenvalue weighted by atomic mass is 10.3. The van der Waals surface area contributed by atoms with Crippen molar-refractivity contribution < 1.29 is 22.7 Å². The molecule has 4 rings (SSSR count). The molecule has 0 atom stereocenters. The SMILES string of the molecule is O=C(CCn1[nH]c(=O)ccc1=O)Nc1ccc(NS(=O)(=O)c2ccc3c(c2)OCCCO3)cc1. The van der Waals surface area contributed by atoms with E-state index in [1.807, 2.05) is 0 Å². The lowest BCUT2D eigenvalue weighted by Crippen LogP contribution is -2.29. The molecule has 11 nitrogen and oxygen atoms in total. The van der Waals surface area contributed by atoms with E-state index in [4.69, 9.17) is 9.47 Å². The third-order valence-electron chi connectivity index (χ3n) is 4.90. The number of amides is 1. The van der Waals surface area contributed by atoms with E-state index in [0.717, 1.165) is 16.8 Å². The van der Waals surface area contributed by atoms with E-state index in [-0.39, 0.29) is 23.8 Å². The van der Waals surface area contributed by atoms with Crippen molar-refractivity contribution >= 4 is 27.3 Å². The van der Waals surface area contributed by atoms with Gasteiger partial charge in [-0.25, -0.2) is 13.1 Å². The Hall–Kier alpha value is -4.06. The first-order chi connectivity index (χ1) is 16.3. The number of hydrogen-bond acceptors (Lipinski definition) is 7. The zero-order valence-electron chi connectivity index (χ0n) is 17.9. The van der Waals surface area contributed by atoms with E-state index in [1.165, 1.54) is 24.3 Å². The maximum atomic E-state index is 12.8. The van der Waals surface area contributed by atoms with Crippen molar-refractivity contribution in [2.75, 3.05) is 23.3 Å². The molecule has 1 aliphatic heterocycles. The average Bonchev–Trinajstić information content (AvgIpc) is 3.06. The maximum absolute atomic E-state index is 12.8. The second kappa shape index (κ2) is 9.83. The number of carbonyl (C=O) groups is 1. The molecule has 1 amide bonds. The number of ether oxygens (including phenoxy) is 2. The van der Waals surface area contributed by atoms with E-state index in [2.05, 4.69) is 15.1 Å². The number of fused-ring (bicyclic) bond motifs is 1. The standard InChI is InChI=1S/C22H22N4O7S/c27-20(10-11-26-22(29)9-8-21(28)24-26)23-15-2-4-16(5-3-15)25-34(30,31)17-6-7-18-19(14-17)33-13-1-12-32-18/h2-9,14,25H,1,10-13H2,(H,23,27)(H,24,28). The van der Waals surface area contributed by atoms with Crippen LogP contribution in [0.5, 0.6) is 11.5 Å². The number of carbonyl (C=O) groups excluding carboxylic acids is 1. The zero-order chi connectivity index (χ0) is 24.1. The Balaban J connectivity index is 1.37. The molecule has 0 aliphatic carbocycles. The highest BCUT2D eigenvalue weighted by atomic mass is 32.2. The molecule has 34 heavy (non-hydrogen) atoms. The highest BCUT2D eigenvalue weighted by Crippen LogP contribution is 2.32. The fraction of sp³-hybridized carbons (Fsp3) is 0.227. The van der Waals surface area contributed by atoms with Crippen LogP contribution < -0.4 is 30.6 Å². The van der Waals surface area contributed by atoms with Gasteiger partial charge in [0, 0.05) is 42.4 Å². The summed E-state index contributed by atoms with van der Waals surface area (Å²) in [4.78, 5) is 35.2. The van der Waals surface area contributed by atoms with Crippen molar-refractivity contribution in [2.45, 2.75) is 24.3 Å². The van der Waals surface area contributed by atoms with E-state index in [1.54, 1.807) is 18.2 Å². The number of anilines is 2. The summed E-state index contributed by atoms with van der Waals surface area (Å²) in [5.74, 6) is 0.498. The molecule has 2 heterocycles. The number of aromatic amines is 1. The van der Waals surface area contributed by atoms with Crippen LogP contribution in [0.4, 0.5) is 11.4 Å². The first kappa shape index (κ1) is 23.1. The summed E-state index contributed by atoms with van der Waals surface area (Å²) in [7, 11) is -3.88. The smallest absolute Gasteiger partial charge is 0.265 e. The number of aromatic nitrogens is 2. The molecule has 12 heteroatoms. The van der Waals surface area contributed by atoms with Crippen molar-refractivity contribution in [3.05, 3.63) is 75.3 Å². The number of rotatable bonds is 7. The van der Waals surface area contributed by atoms with Gasteiger partial charge in [-0.15, -0.1) is 0 Å². The minimum atomic E-state index is -3.88. The molecular weight excluding hydrogens is 464 g/mol. The first-order valence-corrected chi connectivity index (χ1v) is 11.9. The van der Waals surface area contributed by atoms with Gasteiger partial charge in [0.05, 0.1) is 24.7 Å². The fourth-order valence-electron chi connectivity index (χ4n) is 3.21. The summed E-state index contributed by atoms with van der Waals surface area (Å²) in [6.07, 6.45) is 0.667. The van der Waals surface area contributed by atoms with E-state index < -0.39 is 21.1 Å². The summed E-state index contributed by atoms with van der Waals surface area (Å²) in [5, 5.41) is 5.00. The molecule has 0 saturated carbocycles. The van der Waals surface area contributed by atoms with Crippen LogP contribution in [0.15, 0.2) is 69.1 Å². The molecule has 0 radical (unpaired) electrons. The second-order valence-corrected chi connectivity index (χ2v) is 9.12. The molecule has 0 saturated heterocycles. The van der Waals surface area contributed by atoms with Gasteiger partial charge in [0.2, 0.25) is 5.91 Å². The zero-order valence-corrected chi connectivity index (χ0v) is 18.8. The summed E-state index contributed by atoms with van der Waals surface area (Å²) in [6.45, 7) is 0.954. The van der Waals surface area contributed by atoms with E-state index >= 15 is 0 Å². The van der Waals surface area contributed by atoms with Crippen molar-refractivity contribution in [3.63, 3.8) is 0 Å². The molecule has 0 bridgehead atoms. The highest BCUT2D eigenvalue weighted by Gasteiger charge is 2.19. The molecule has 178 valence electrons. The molecule has 2 aromatic carbocycles. The van der Waals surface area contributed by atoms with Gasteiger partial charge in [-0.1, -0.05) is 0 Å². The first-order valence-electron chi connectivity index (χ1n) is 10.4. The lowest BCUT2D eigenvalue weighted by Gasteiger charge is -2.12. The number of aryl methyl sites for hydroxylation is 1. The number of hydrogen-bond donors (Lipinski definition) is 3. The summed E-state index contributed by atoms with van der Waals surface area (Å²) in [5.41, 5.74) is -0.113. The van der Waals surface area contributed by atoms with E-state index in [0.29, 0.717) is 42.5 Å². The molecule has 3 N–H and O–H groups in total. The number of benzene rings is 2. The topological polar surface area (TPSA) is 149 Å². The van der Waals surface area contributed by atoms with Gasteiger partial charge in [0.1, 0.15) is 0 Å². The maximum Gasteiger partial charge on any atom is 0.265 e. The summed E-state index contributed by atoms with van der Waals surface area (Å²) in [6, 6.07) is 12.8. The molecule has 0 fully saturated rings. The predicted octanol–water partition coefficient (Wildman–Crippen LogP) is 1.53. The fourth-order valence-corrected chi connectivity index (χ4v) is 4.29. The Kier molecular flexibility index (Phi) is 6.68. The van der Waals surface area contributed by atoms with Gasteiger partial charge in [0.15, 0.2) is 11.5 Å². The van der Waals surface area contributed by atoms with Gasteiger partial charge < -0.3 is 14.8 Å². The Morgan fingerprint density at radius 1 is 0.941 bits per heavy atom. The number of sulfonamides is 1. The Labute approximate surface area is 194 Å². The van der Waals surface area contributed by atoms with Gasteiger partial charge in [-0.2, -0.15) is 0 Å². The number of nitrogens with one attached hydrogen (secondary N) is 3. The third-order valence-corrected chi connectivity index (χ3v) is 6.28. The second-order valence-electron chi connectivity index (χ2n) is 7.44. The summed E-state index contributed by atoms with van der Waals surface area (Å²) < 4.78 is 40.2. The van der Waals surface area contributed by atoms with Crippen LogP contribution in [0.25, 0.3) is 0 Å². The van der Waals surface area contributed by atoms with Gasteiger partial charge in [-0.3, -0.25) is 24.2 Å².